The van der Waals surface area contributed by atoms with E-state index in [1.54, 1.807) is 0 Å². The zero-order valence-electron chi connectivity index (χ0n) is 14.3. The van der Waals surface area contributed by atoms with Crippen molar-refractivity contribution in [3.63, 3.8) is 0 Å². The van der Waals surface area contributed by atoms with Gasteiger partial charge >= 0.3 is 0 Å². The molecule has 1 aromatic rings. The third-order valence-electron chi connectivity index (χ3n) is 4.77. The SMILES string of the molecule is CN(C)S(=O)(=O)c1ccc(C(=O)NCC2(CO)CCCCC2)cc1. The summed E-state index contributed by atoms with van der Waals surface area (Å²) in [6, 6.07) is 5.90. The summed E-state index contributed by atoms with van der Waals surface area (Å²) < 4.78 is 25.2. The van der Waals surface area contributed by atoms with Gasteiger partial charge in [-0.25, -0.2) is 12.7 Å². The predicted molar refractivity (Wildman–Crippen MR) is 92.3 cm³/mol. The number of aliphatic hydroxyl groups excluding tert-OH is 1. The van der Waals surface area contributed by atoms with Gasteiger partial charge in [0.2, 0.25) is 10.0 Å². The summed E-state index contributed by atoms with van der Waals surface area (Å²) in [5, 5.41) is 12.6. The van der Waals surface area contributed by atoms with E-state index in [-0.39, 0.29) is 22.8 Å². The maximum absolute atomic E-state index is 12.3. The molecule has 7 heteroatoms. The van der Waals surface area contributed by atoms with E-state index in [1.165, 1.54) is 44.8 Å². The normalized spacial score (nSPS) is 17.7. The third kappa shape index (κ3) is 4.15. The van der Waals surface area contributed by atoms with Crippen molar-refractivity contribution in [1.29, 1.82) is 0 Å². The maximum atomic E-state index is 12.3. The van der Waals surface area contributed by atoms with Crippen molar-refractivity contribution in [2.24, 2.45) is 5.41 Å². The van der Waals surface area contributed by atoms with Gasteiger partial charge in [0.15, 0.2) is 0 Å². The Kier molecular flexibility index (Phi) is 6.01. The molecule has 2 rings (SSSR count). The van der Waals surface area contributed by atoms with E-state index in [9.17, 15) is 18.3 Å². The minimum absolute atomic E-state index is 0.0767. The van der Waals surface area contributed by atoms with Gasteiger partial charge in [-0.05, 0) is 37.1 Å². The summed E-state index contributed by atoms with van der Waals surface area (Å²) in [6.45, 7) is 0.521. The van der Waals surface area contributed by atoms with Crippen LogP contribution in [0.15, 0.2) is 29.2 Å². The molecule has 134 valence electrons. The highest BCUT2D eigenvalue weighted by molar-refractivity contribution is 7.89. The van der Waals surface area contributed by atoms with Crippen molar-refractivity contribution >= 4 is 15.9 Å². The minimum atomic E-state index is -3.49. The Bertz CT molecular complexity index is 662. The number of amides is 1. The number of sulfonamides is 1. The lowest BCUT2D eigenvalue weighted by molar-refractivity contribution is 0.0718. The van der Waals surface area contributed by atoms with Crippen LogP contribution in [0.4, 0.5) is 0 Å². The van der Waals surface area contributed by atoms with E-state index < -0.39 is 10.0 Å². The summed E-state index contributed by atoms with van der Waals surface area (Å²) in [5.74, 6) is -0.248. The van der Waals surface area contributed by atoms with Crippen molar-refractivity contribution < 1.29 is 18.3 Å². The van der Waals surface area contributed by atoms with E-state index in [1.807, 2.05) is 0 Å². The molecule has 0 heterocycles. The fraction of sp³-hybridized carbons (Fsp3) is 0.588. The van der Waals surface area contributed by atoms with Crippen molar-refractivity contribution in [3.8, 4) is 0 Å². The van der Waals surface area contributed by atoms with E-state index >= 15 is 0 Å². The van der Waals surface area contributed by atoms with Gasteiger partial charge in [0.25, 0.3) is 5.91 Å². The second-order valence-corrected chi connectivity index (χ2v) is 8.87. The van der Waals surface area contributed by atoms with Crippen molar-refractivity contribution in [2.75, 3.05) is 27.2 Å². The lowest BCUT2D eigenvalue weighted by Gasteiger charge is -2.35. The van der Waals surface area contributed by atoms with E-state index in [4.69, 9.17) is 0 Å². The molecule has 0 radical (unpaired) electrons. The summed E-state index contributed by atoms with van der Waals surface area (Å²) in [7, 11) is -0.561. The zero-order chi connectivity index (χ0) is 17.8. The van der Waals surface area contributed by atoms with E-state index in [0.29, 0.717) is 12.1 Å². The Hall–Kier alpha value is -1.44. The standard InChI is InChI=1S/C17H26N2O4S/c1-19(2)24(22,23)15-8-6-14(7-9-15)16(21)18-12-17(13-20)10-4-3-5-11-17/h6-9,20H,3-5,10-13H2,1-2H3,(H,18,21). The second-order valence-electron chi connectivity index (χ2n) is 6.71. The fourth-order valence-corrected chi connectivity index (χ4v) is 3.95. The summed E-state index contributed by atoms with van der Waals surface area (Å²) in [5.41, 5.74) is 0.193. The number of carbonyl (C=O) groups is 1. The highest BCUT2D eigenvalue weighted by atomic mass is 32.2. The molecular weight excluding hydrogens is 328 g/mol. The molecular formula is C17H26N2O4S. The average Bonchev–Trinajstić information content (AvgIpc) is 2.60. The van der Waals surface area contributed by atoms with Crippen molar-refractivity contribution in [3.05, 3.63) is 29.8 Å². The molecule has 1 fully saturated rings. The van der Waals surface area contributed by atoms with Crippen LogP contribution in [-0.4, -0.2) is 51.0 Å². The number of carbonyl (C=O) groups excluding carboxylic acids is 1. The van der Waals surface area contributed by atoms with E-state index in [0.717, 1.165) is 30.0 Å². The Morgan fingerprint density at radius 2 is 1.75 bits per heavy atom. The van der Waals surface area contributed by atoms with Crippen LogP contribution in [0.1, 0.15) is 42.5 Å². The van der Waals surface area contributed by atoms with Gasteiger partial charge in [-0.3, -0.25) is 4.79 Å². The van der Waals surface area contributed by atoms with Crippen molar-refractivity contribution in [1.82, 2.24) is 9.62 Å². The smallest absolute Gasteiger partial charge is 0.251 e. The minimum Gasteiger partial charge on any atom is -0.396 e. The van der Waals surface area contributed by atoms with Crippen LogP contribution >= 0.6 is 0 Å². The molecule has 6 nitrogen and oxygen atoms in total. The van der Waals surface area contributed by atoms with Gasteiger partial charge in [-0.2, -0.15) is 0 Å². The van der Waals surface area contributed by atoms with Gasteiger partial charge < -0.3 is 10.4 Å². The first-order chi connectivity index (χ1) is 11.3. The molecule has 0 unspecified atom stereocenters. The Labute approximate surface area is 143 Å². The van der Waals surface area contributed by atoms with Crippen molar-refractivity contribution in [2.45, 2.75) is 37.0 Å². The first kappa shape index (κ1) is 18.9. The molecule has 1 aromatic carbocycles. The van der Waals surface area contributed by atoms with Crippen LogP contribution in [0.25, 0.3) is 0 Å². The van der Waals surface area contributed by atoms with Crippen LogP contribution in [0.3, 0.4) is 0 Å². The molecule has 0 saturated heterocycles. The Morgan fingerprint density at radius 1 is 1.17 bits per heavy atom. The third-order valence-corrected chi connectivity index (χ3v) is 6.60. The number of hydrogen-bond acceptors (Lipinski definition) is 4. The summed E-state index contributed by atoms with van der Waals surface area (Å²) in [6.07, 6.45) is 5.17. The molecule has 24 heavy (non-hydrogen) atoms. The molecule has 1 saturated carbocycles. The lowest BCUT2D eigenvalue weighted by atomic mass is 9.74. The molecule has 1 aliphatic rings. The van der Waals surface area contributed by atoms with Gasteiger partial charge in [0, 0.05) is 31.6 Å². The molecule has 0 aromatic heterocycles. The lowest BCUT2D eigenvalue weighted by Crippen LogP contribution is -2.41. The topological polar surface area (TPSA) is 86.7 Å². The molecule has 0 bridgehead atoms. The van der Waals surface area contributed by atoms with Crippen LogP contribution in [-0.2, 0) is 10.0 Å². The highest BCUT2D eigenvalue weighted by Gasteiger charge is 2.31. The first-order valence-corrected chi connectivity index (χ1v) is 9.66. The number of nitrogens with one attached hydrogen (secondary N) is 1. The number of benzene rings is 1. The largest absolute Gasteiger partial charge is 0.396 e. The first-order valence-electron chi connectivity index (χ1n) is 8.22. The Morgan fingerprint density at radius 3 is 2.25 bits per heavy atom. The molecule has 1 aliphatic carbocycles. The zero-order valence-corrected chi connectivity index (χ0v) is 15.1. The fourth-order valence-electron chi connectivity index (χ4n) is 3.05. The van der Waals surface area contributed by atoms with Crippen LogP contribution in [0, 0.1) is 5.41 Å². The van der Waals surface area contributed by atoms with Gasteiger partial charge in [0.1, 0.15) is 0 Å². The number of hydrogen-bond donors (Lipinski definition) is 2. The molecule has 2 N–H and O–H groups in total. The Balaban J connectivity index is 2.03. The van der Waals surface area contributed by atoms with Crippen LogP contribution < -0.4 is 5.32 Å². The highest BCUT2D eigenvalue weighted by Crippen LogP contribution is 2.35. The number of rotatable bonds is 6. The predicted octanol–water partition coefficient (Wildman–Crippen LogP) is 1.61. The maximum Gasteiger partial charge on any atom is 0.251 e. The van der Waals surface area contributed by atoms with Crippen LogP contribution in [0.5, 0.6) is 0 Å². The molecule has 0 spiro atoms. The molecule has 0 aliphatic heterocycles. The molecule has 0 atom stereocenters. The average molecular weight is 354 g/mol. The molecule has 1 amide bonds. The monoisotopic (exact) mass is 354 g/mol. The quantitative estimate of drug-likeness (QED) is 0.812. The number of aliphatic hydroxyl groups is 1. The summed E-state index contributed by atoms with van der Waals surface area (Å²) in [4.78, 5) is 12.4. The summed E-state index contributed by atoms with van der Waals surface area (Å²) >= 11 is 0. The van der Waals surface area contributed by atoms with Gasteiger partial charge in [0.05, 0.1) is 11.5 Å². The van der Waals surface area contributed by atoms with E-state index in [2.05, 4.69) is 5.32 Å². The van der Waals surface area contributed by atoms with Gasteiger partial charge in [-0.15, -0.1) is 0 Å². The van der Waals surface area contributed by atoms with Crippen LogP contribution in [0.2, 0.25) is 0 Å². The second kappa shape index (κ2) is 7.63. The number of nitrogens with zero attached hydrogens (tertiary/aromatic N) is 1. The van der Waals surface area contributed by atoms with Gasteiger partial charge in [-0.1, -0.05) is 19.3 Å².